The van der Waals surface area contributed by atoms with Gasteiger partial charge in [0.2, 0.25) is 0 Å². The fourth-order valence-corrected chi connectivity index (χ4v) is 2.70. The zero-order valence-corrected chi connectivity index (χ0v) is 11.9. The van der Waals surface area contributed by atoms with Crippen molar-refractivity contribution >= 4 is 17.4 Å². The van der Waals surface area contributed by atoms with Gasteiger partial charge < -0.3 is 9.64 Å². The molecule has 0 bridgehead atoms. The number of halogens is 1. The summed E-state index contributed by atoms with van der Waals surface area (Å²) in [6.45, 7) is 1.42. The Morgan fingerprint density at radius 3 is 2.90 bits per heavy atom. The van der Waals surface area contributed by atoms with Crippen LogP contribution < -0.4 is 4.74 Å². The van der Waals surface area contributed by atoms with E-state index in [-0.39, 0.29) is 0 Å². The van der Waals surface area contributed by atoms with Crippen LogP contribution in [0.3, 0.4) is 0 Å². The van der Waals surface area contributed by atoms with Crippen molar-refractivity contribution in [2.75, 3.05) is 7.11 Å². The molecule has 1 heterocycles. The van der Waals surface area contributed by atoms with Crippen molar-refractivity contribution in [1.29, 1.82) is 5.41 Å². The quantitative estimate of drug-likeness (QED) is 0.934. The first-order chi connectivity index (χ1) is 9.67. The molecule has 0 amide bonds. The van der Waals surface area contributed by atoms with E-state index < -0.39 is 0 Å². The predicted octanol–water partition coefficient (Wildman–Crippen LogP) is 3.69. The van der Waals surface area contributed by atoms with Crippen LogP contribution in [0.5, 0.6) is 5.75 Å². The molecule has 0 atom stereocenters. The normalized spacial score (nSPS) is 13.5. The summed E-state index contributed by atoms with van der Waals surface area (Å²) in [6.07, 6.45) is 0. The number of hydrogen-bond acceptors (Lipinski definition) is 2. The van der Waals surface area contributed by atoms with Gasteiger partial charge in [0.25, 0.3) is 0 Å². The van der Waals surface area contributed by atoms with E-state index in [0.29, 0.717) is 12.4 Å². The molecule has 0 fully saturated rings. The van der Waals surface area contributed by atoms with Gasteiger partial charge >= 0.3 is 0 Å². The van der Waals surface area contributed by atoms with Gasteiger partial charge in [0.05, 0.1) is 7.11 Å². The number of nitrogens with zero attached hydrogens (tertiary/aromatic N) is 1. The molecule has 1 aliphatic heterocycles. The summed E-state index contributed by atoms with van der Waals surface area (Å²) in [5.41, 5.74) is 3.22. The molecule has 20 heavy (non-hydrogen) atoms. The third-order valence-electron chi connectivity index (χ3n) is 3.51. The molecule has 0 saturated carbocycles. The Balaban J connectivity index is 1.82. The maximum atomic E-state index is 8.26. The summed E-state index contributed by atoms with van der Waals surface area (Å²) in [4.78, 5) is 2.04. The first-order valence-corrected chi connectivity index (χ1v) is 6.80. The zero-order chi connectivity index (χ0) is 14.1. The fraction of sp³-hybridized carbons (Fsp3) is 0.188. The fourth-order valence-electron chi connectivity index (χ4n) is 2.51. The van der Waals surface area contributed by atoms with Crippen molar-refractivity contribution in [3.63, 3.8) is 0 Å². The first kappa shape index (κ1) is 13.0. The van der Waals surface area contributed by atoms with Gasteiger partial charge in [-0.25, -0.2) is 0 Å². The topological polar surface area (TPSA) is 36.3 Å². The maximum Gasteiger partial charge on any atom is 0.129 e. The molecule has 0 aliphatic carbocycles. The summed E-state index contributed by atoms with van der Waals surface area (Å²) in [6, 6.07) is 13.6. The van der Waals surface area contributed by atoms with Gasteiger partial charge in [-0.05, 0) is 41.5 Å². The van der Waals surface area contributed by atoms with Crippen LogP contribution in [-0.2, 0) is 13.1 Å². The Bertz CT molecular complexity index is 669. The van der Waals surface area contributed by atoms with Crippen LogP contribution in [0, 0.1) is 5.41 Å². The lowest BCUT2D eigenvalue weighted by Crippen LogP contribution is -2.23. The van der Waals surface area contributed by atoms with Crippen molar-refractivity contribution in [2.24, 2.45) is 0 Å². The third-order valence-corrected chi connectivity index (χ3v) is 3.74. The van der Waals surface area contributed by atoms with Crippen molar-refractivity contribution in [1.82, 2.24) is 4.90 Å². The minimum absolute atomic E-state index is 0.555. The standard InChI is InChI=1S/C16H15ClN2O/c1-20-14-4-2-3-11(7-14)9-19-10-12-8-13(17)5-6-15(12)16(19)18/h2-8,18H,9-10H2,1H3. The smallest absolute Gasteiger partial charge is 0.129 e. The first-order valence-electron chi connectivity index (χ1n) is 6.42. The molecule has 2 aromatic carbocycles. The van der Waals surface area contributed by atoms with E-state index in [4.69, 9.17) is 21.7 Å². The SMILES string of the molecule is COc1cccc(CN2Cc3cc(Cl)ccc3C2=N)c1. The summed E-state index contributed by atoms with van der Waals surface area (Å²) < 4.78 is 5.23. The van der Waals surface area contributed by atoms with E-state index in [2.05, 4.69) is 0 Å². The lowest BCUT2D eigenvalue weighted by molar-refractivity contribution is 0.406. The average Bonchev–Trinajstić information content (AvgIpc) is 2.75. The number of rotatable bonds is 3. The van der Waals surface area contributed by atoms with Gasteiger partial charge in [0.15, 0.2) is 0 Å². The number of fused-ring (bicyclic) bond motifs is 1. The molecule has 0 unspecified atom stereocenters. The van der Waals surface area contributed by atoms with Crippen molar-refractivity contribution < 1.29 is 4.74 Å². The number of nitrogens with one attached hydrogen (secondary N) is 1. The summed E-state index contributed by atoms with van der Waals surface area (Å²) >= 11 is 6.01. The third kappa shape index (κ3) is 2.37. The molecule has 102 valence electrons. The molecule has 1 aliphatic rings. The molecule has 3 rings (SSSR count). The van der Waals surface area contributed by atoms with Gasteiger partial charge in [0, 0.05) is 23.7 Å². The van der Waals surface area contributed by atoms with Gasteiger partial charge in [-0.2, -0.15) is 0 Å². The number of amidine groups is 1. The average molecular weight is 287 g/mol. The van der Waals surface area contributed by atoms with Crippen LogP contribution in [0.15, 0.2) is 42.5 Å². The van der Waals surface area contributed by atoms with E-state index >= 15 is 0 Å². The van der Waals surface area contributed by atoms with Gasteiger partial charge in [-0.15, -0.1) is 0 Å². The van der Waals surface area contributed by atoms with Crippen LogP contribution in [0.1, 0.15) is 16.7 Å². The van der Waals surface area contributed by atoms with Crippen LogP contribution in [0.25, 0.3) is 0 Å². The molecular weight excluding hydrogens is 272 g/mol. The maximum absolute atomic E-state index is 8.26. The lowest BCUT2D eigenvalue weighted by atomic mass is 10.1. The van der Waals surface area contributed by atoms with Crippen LogP contribution in [0.2, 0.25) is 5.02 Å². The minimum atomic E-state index is 0.555. The van der Waals surface area contributed by atoms with Crippen LogP contribution in [-0.4, -0.2) is 17.8 Å². The number of ether oxygens (including phenoxy) is 1. The van der Waals surface area contributed by atoms with E-state index in [1.54, 1.807) is 7.11 Å². The highest BCUT2D eigenvalue weighted by molar-refractivity contribution is 6.30. The molecule has 3 nitrogen and oxygen atoms in total. The zero-order valence-electron chi connectivity index (χ0n) is 11.2. The van der Waals surface area contributed by atoms with Crippen LogP contribution in [0.4, 0.5) is 0 Å². The second kappa shape index (κ2) is 5.17. The number of hydrogen-bond donors (Lipinski definition) is 1. The highest BCUT2D eigenvalue weighted by Crippen LogP contribution is 2.27. The number of benzene rings is 2. The Hall–Kier alpha value is -2.00. The molecule has 0 aromatic heterocycles. The lowest BCUT2D eigenvalue weighted by Gasteiger charge is -2.18. The molecule has 4 heteroatoms. The summed E-state index contributed by atoms with van der Waals surface area (Å²) in [5.74, 6) is 1.40. The molecule has 0 saturated heterocycles. The van der Waals surface area contributed by atoms with Crippen molar-refractivity contribution in [2.45, 2.75) is 13.1 Å². The molecular formula is C16H15ClN2O. The van der Waals surface area contributed by atoms with Gasteiger partial charge in [0.1, 0.15) is 11.6 Å². The van der Waals surface area contributed by atoms with Crippen molar-refractivity contribution in [3.8, 4) is 5.75 Å². The molecule has 0 radical (unpaired) electrons. The minimum Gasteiger partial charge on any atom is -0.497 e. The van der Waals surface area contributed by atoms with Crippen molar-refractivity contribution in [3.05, 3.63) is 64.2 Å². The van der Waals surface area contributed by atoms with E-state index in [0.717, 1.165) is 34.0 Å². The Morgan fingerprint density at radius 1 is 1.25 bits per heavy atom. The summed E-state index contributed by atoms with van der Waals surface area (Å²) in [5, 5.41) is 8.98. The monoisotopic (exact) mass is 286 g/mol. The Morgan fingerprint density at radius 2 is 2.10 bits per heavy atom. The predicted molar refractivity (Wildman–Crippen MR) is 80.5 cm³/mol. The number of methoxy groups -OCH3 is 1. The summed E-state index contributed by atoms with van der Waals surface area (Å²) in [7, 11) is 1.66. The molecule has 2 aromatic rings. The van der Waals surface area contributed by atoms with Gasteiger partial charge in [-0.3, -0.25) is 5.41 Å². The van der Waals surface area contributed by atoms with E-state index in [9.17, 15) is 0 Å². The highest BCUT2D eigenvalue weighted by atomic mass is 35.5. The van der Waals surface area contributed by atoms with E-state index in [1.165, 1.54) is 0 Å². The second-order valence-corrected chi connectivity index (χ2v) is 5.29. The second-order valence-electron chi connectivity index (χ2n) is 4.86. The molecule has 0 spiro atoms. The Kier molecular flexibility index (Phi) is 3.36. The van der Waals surface area contributed by atoms with Gasteiger partial charge in [-0.1, -0.05) is 23.7 Å². The highest BCUT2D eigenvalue weighted by Gasteiger charge is 2.24. The molecule has 1 N–H and O–H groups in total. The van der Waals surface area contributed by atoms with E-state index in [1.807, 2.05) is 47.4 Å². The van der Waals surface area contributed by atoms with Crippen LogP contribution >= 0.6 is 11.6 Å². The Labute approximate surface area is 123 Å². The largest absolute Gasteiger partial charge is 0.497 e.